The number of hydrogen-bond donors (Lipinski definition) is 0. The molecule has 94 valence electrons. The fourth-order valence-electron chi connectivity index (χ4n) is 2.27. The molecule has 1 fully saturated rings. The third kappa shape index (κ3) is 3.33. The van der Waals surface area contributed by atoms with Crippen LogP contribution in [0, 0.1) is 5.92 Å². The third-order valence-corrected chi connectivity index (χ3v) is 3.08. The standard InChI is InChI=1S/C13H19NO3/c1-2-16-13(15)11-5-3-7-14(9-11)10-12-6-4-8-17-12/h4,6,8,11H,2-3,5,7,9-10H2,1H3/t11-/m1/s1. The number of hydrogen-bond acceptors (Lipinski definition) is 4. The summed E-state index contributed by atoms with van der Waals surface area (Å²) < 4.78 is 10.4. The third-order valence-electron chi connectivity index (χ3n) is 3.08. The fraction of sp³-hybridized carbons (Fsp3) is 0.615. The predicted octanol–water partition coefficient (Wildman–Crippen LogP) is 2.05. The van der Waals surface area contributed by atoms with Crippen molar-refractivity contribution in [2.24, 2.45) is 5.92 Å². The fourth-order valence-corrected chi connectivity index (χ4v) is 2.27. The normalized spacial score (nSPS) is 21.4. The summed E-state index contributed by atoms with van der Waals surface area (Å²) in [5.41, 5.74) is 0. The van der Waals surface area contributed by atoms with Gasteiger partial charge in [-0.15, -0.1) is 0 Å². The van der Waals surface area contributed by atoms with Crippen LogP contribution in [-0.2, 0) is 16.1 Å². The number of furan rings is 1. The zero-order valence-corrected chi connectivity index (χ0v) is 10.2. The molecule has 1 aliphatic rings. The molecule has 0 amide bonds. The van der Waals surface area contributed by atoms with E-state index in [9.17, 15) is 4.79 Å². The molecule has 0 aromatic carbocycles. The zero-order valence-electron chi connectivity index (χ0n) is 10.2. The first-order chi connectivity index (χ1) is 8.29. The largest absolute Gasteiger partial charge is 0.468 e. The van der Waals surface area contributed by atoms with E-state index < -0.39 is 0 Å². The number of nitrogens with zero attached hydrogens (tertiary/aromatic N) is 1. The quantitative estimate of drug-likeness (QED) is 0.752. The highest BCUT2D eigenvalue weighted by Gasteiger charge is 2.26. The van der Waals surface area contributed by atoms with Crippen molar-refractivity contribution < 1.29 is 13.9 Å². The maximum Gasteiger partial charge on any atom is 0.310 e. The number of carbonyl (C=O) groups is 1. The zero-order chi connectivity index (χ0) is 12.1. The van der Waals surface area contributed by atoms with Gasteiger partial charge in [-0.05, 0) is 38.4 Å². The van der Waals surface area contributed by atoms with Crippen molar-refractivity contribution in [3.63, 3.8) is 0 Å². The Balaban J connectivity index is 1.86. The predicted molar refractivity (Wildman–Crippen MR) is 63.3 cm³/mol. The van der Waals surface area contributed by atoms with E-state index >= 15 is 0 Å². The van der Waals surface area contributed by atoms with E-state index in [1.165, 1.54) is 0 Å². The average molecular weight is 237 g/mol. The minimum Gasteiger partial charge on any atom is -0.468 e. The molecule has 1 atom stereocenters. The van der Waals surface area contributed by atoms with Crippen molar-refractivity contribution in [1.29, 1.82) is 0 Å². The summed E-state index contributed by atoms with van der Waals surface area (Å²) in [4.78, 5) is 13.9. The number of likely N-dealkylation sites (tertiary alicyclic amines) is 1. The number of rotatable bonds is 4. The number of piperidine rings is 1. The molecule has 4 heteroatoms. The van der Waals surface area contributed by atoms with Crippen LogP contribution in [0.5, 0.6) is 0 Å². The van der Waals surface area contributed by atoms with E-state index in [4.69, 9.17) is 9.15 Å². The van der Waals surface area contributed by atoms with Crippen molar-refractivity contribution in [1.82, 2.24) is 4.90 Å². The molecule has 1 aromatic rings. The molecule has 1 aromatic heterocycles. The molecule has 0 unspecified atom stereocenters. The molecule has 0 saturated carbocycles. The summed E-state index contributed by atoms with van der Waals surface area (Å²) in [5, 5.41) is 0. The Kier molecular flexibility index (Phi) is 4.20. The van der Waals surface area contributed by atoms with Crippen molar-refractivity contribution in [2.45, 2.75) is 26.3 Å². The van der Waals surface area contributed by atoms with Gasteiger partial charge >= 0.3 is 5.97 Å². The van der Waals surface area contributed by atoms with Crippen LogP contribution in [0.2, 0.25) is 0 Å². The summed E-state index contributed by atoms with van der Waals surface area (Å²) in [6.07, 6.45) is 3.67. The van der Waals surface area contributed by atoms with Gasteiger partial charge in [0, 0.05) is 6.54 Å². The summed E-state index contributed by atoms with van der Waals surface area (Å²) in [7, 11) is 0. The molecule has 0 N–H and O–H groups in total. The molecule has 1 saturated heterocycles. The van der Waals surface area contributed by atoms with Crippen molar-refractivity contribution in [3.05, 3.63) is 24.2 Å². The topological polar surface area (TPSA) is 42.7 Å². The molecule has 0 spiro atoms. The highest BCUT2D eigenvalue weighted by Crippen LogP contribution is 2.19. The first-order valence-corrected chi connectivity index (χ1v) is 6.21. The van der Waals surface area contributed by atoms with Crippen LogP contribution in [0.25, 0.3) is 0 Å². The van der Waals surface area contributed by atoms with E-state index in [1.54, 1.807) is 6.26 Å². The summed E-state index contributed by atoms with van der Waals surface area (Å²) in [6.45, 7) is 4.90. The van der Waals surface area contributed by atoms with Crippen LogP contribution in [0.1, 0.15) is 25.5 Å². The van der Waals surface area contributed by atoms with E-state index in [1.807, 2.05) is 19.1 Å². The molecule has 2 rings (SSSR count). The Bertz CT molecular complexity index is 348. The number of esters is 1. The van der Waals surface area contributed by atoms with Gasteiger partial charge < -0.3 is 9.15 Å². The van der Waals surface area contributed by atoms with Crippen LogP contribution >= 0.6 is 0 Å². The van der Waals surface area contributed by atoms with Gasteiger partial charge in [-0.25, -0.2) is 0 Å². The summed E-state index contributed by atoms with van der Waals surface area (Å²) >= 11 is 0. The molecular weight excluding hydrogens is 218 g/mol. The van der Waals surface area contributed by atoms with Gasteiger partial charge in [0.2, 0.25) is 0 Å². The van der Waals surface area contributed by atoms with E-state index in [0.29, 0.717) is 6.61 Å². The molecule has 0 bridgehead atoms. The Hall–Kier alpha value is -1.29. The van der Waals surface area contributed by atoms with Crippen LogP contribution < -0.4 is 0 Å². The lowest BCUT2D eigenvalue weighted by Crippen LogP contribution is -2.38. The highest BCUT2D eigenvalue weighted by atomic mass is 16.5. The first kappa shape index (κ1) is 12.2. The van der Waals surface area contributed by atoms with Crippen LogP contribution in [0.15, 0.2) is 22.8 Å². The Morgan fingerprint density at radius 1 is 1.65 bits per heavy atom. The first-order valence-electron chi connectivity index (χ1n) is 6.21. The molecule has 17 heavy (non-hydrogen) atoms. The summed E-state index contributed by atoms with van der Waals surface area (Å²) in [5.74, 6) is 0.921. The van der Waals surface area contributed by atoms with E-state index in [-0.39, 0.29) is 11.9 Å². The number of ether oxygens (including phenoxy) is 1. The second-order valence-electron chi connectivity index (χ2n) is 4.41. The second-order valence-corrected chi connectivity index (χ2v) is 4.41. The van der Waals surface area contributed by atoms with Gasteiger partial charge in [-0.1, -0.05) is 0 Å². The van der Waals surface area contributed by atoms with E-state index in [2.05, 4.69) is 4.90 Å². The Morgan fingerprint density at radius 2 is 2.53 bits per heavy atom. The Labute approximate surface area is 102 Å². The van der Waals surface area contributed by atoms with Gasteiger partial charge in [0.1, 0.15) is 5.76 Å². The monoisotopic (exact) mass is 237 g/mol. The summed E-state index contributed by atoms with van der Waals surface area (Å²) in [6, 6.07) is 3.86. The number of carbonyl (C=O) groups excluding carboxylic acids is 1. The van der Waals surface area contributed by atoms with Crippen molar-refractivity contribution in [2.75, 3.05) is 19.7 Å². The van der Waals surface area contributed by atoms with Crippen molar-refractivity contribution >= 4 is 5.97 Å². The minimum atomic E-state index is -0.0587. The molecule has 4 nitrogen and oxygen atoms in total. The van der Waals surface area contributed by atoms with Gasteiger partial charge in [0.05, 0.1) is 25.3 Å². The van der Waals surface area contributed by atoms with Crippen LogP contribution in [0.4, 0.5) is 0 Å². The smallest absolute Gasteiger partial charge is 0.310 e. The van der Waals surface area contributed by atoms with Crippen LogP contribution in [-0.4, -0.2) is 30.6 Å². The molecule has 0 radical (unpaired) electrons. The lowest BCUT2D eigenvalue weighted by atomic mass is 9.98. The maximum atomic E-state index is 11.7. The molecular formula is C13H19NO3. The SMILES string of the molecule is CCOC(=O)[C@@H]1CCCN(Cc2ccco2)C1. The van der Waals surface area contributed by atoms with Gasteiger partial charge in [-0.2, -0.15) is 0 Å². The van der Waals surface area contributed by atoms with Gasteiger partial charge in [0.25, 0.3) is 0 Å². The average Bonchev–Trinajstić information content (AvgIpc) is 2.82. The minimum absolute atomic E-state index is 0.0265. The highest BCUT2D eigenvalue weighted by molar-refractivity contribution is 5.72. The lowest BCUT2D eigenvalue weighted by Gasteiger charge is -2.30. The maximum absolute atomic E-state index is 11.7. The molecule has 2 heterocycles. The van der Waals surface area contributed by atoms with Crippen molar-refractivity contribution in [3.8, 4) is 0 Å². The van der Waals surface area contributed by atoms with Crippen LogP contribution in [0.3, 0.4) is 0 Å². The molecule has 0 aliphatic carbocycles. The van der Waals surface area contributed by atoms with Gasteiger partial charge in [0.15, 0.2) is 0 Å². The Morgan fingerprint density at radius 3 is 3.24 bits per heavy atom. The second kappa shape index (κ2) is 5.87. The van der Waals surface area contributed by atoms with Gasteiger partial charge in [-0.3, -0.25) is 9.69 Å². The lowest BCUT2D eigenvalue weighted by molar-refractivity contribution is -0.150. The van der Waals surface area contributed by atoms with E-state index in [0.717, 1.165) is 38.2 Å². The molecule has 1 aliphatic heterocycles.